The van der Waals surface area contributed by atoms with Crippen molar-refractivity contribution in [2.45, 2.75) is 18.9 Å². The van der Waals surface area contributed by atoms with E-state index >= 15 is 0 Å². The highest BCUT2D eigenvalue weighted by Gasteiger charge is 2.43. The molecule has 4 heteroatoms. The number of rotatable bonds is 5. The number of nitrogens with one attached hydrogen (secondary N) is 1. The third kappa shape index (κ3) is 3.17. The summed E-state index contributed by atoms with van der Waals surface area (Å²) in [6.07, 6.45) is 0.900. The van der Waals surface area contributed by atoms with Crippen molar-refractivity contribution in [3.63, 3.8) is 0 Å². The zero-order chi connectivity index (χ0) is 15.5. The molecular weight excluding hydrogens is 276 g/mol. The van der Waals surface area contributed by atoms with E-state index in [-0.39, 0.29) is 11.8 Å². The fourth-order valence-corrected chi connectivity index (χ4v) is 2.71. The normalized spacial score (nSPS) is 19.5. The van der Waals surface area contributed by atoms with Crippen molar-refractivity contribution in [1.29, 1.82) is 0 Å². The molecule has 3 rings (SSSR count). The van der Waals surface area contributed by atoms with Crippen LogP contribution in [-0.2, 0) is 11.3 Å². The zero-order valence-electron chi connectivity index (χ0n) is 12.2. The van der Waals surface area contributed by atoms with Gasteiger partial charge in [0.1, 0.15) is 0 Å². The molecular formula is C18H18N2O2. The maximum absolute atomic E-state index is 12.2. The molecule has 2 aromatic carbocycles. The minimum absolute atomic E-state index is 0.0572. The Morgan fingerprint density at radius 1 is 1.09 bits per heavy atom. The average molecular weight is 294 g/mol. The van der Waals surface area contributed by atoms with Gasteiger partial charge in [0, 0.05) is 18.0 Å². The van der Waals surface area contributed by atoms with Crippen LogP contribution < -0.4 is 11.1 Å². The third-order valence-corrected chi connectivity index (χ3v) is 4.03. The molecule has 0 radical (unpaired) electrons. The van der Waals surface area contributed by atoms with Gasteiger partial charge < -0.3 is 11.1 Å². The van der Waals surface area contributed by atoms with Gasteiger partial charge in [0.15, 0.2) is 0 Å². The van der Waals surface area contributed by atoms with Crippen LogP contribution in [-0.4, -0.2) is 11.8 Å². The first-order chi connectivity index (χ1) is 10.6. The molecule has 1 fully saturated rings. The summed E-state index contributed by atoms with van der Waals surface area (Å²) in [5.74, 6) is -0.00211. The van der Waals surface area contributed by atoms with Crippen LogP contribution in [0, 0.1) is 5.92 Å². The highest BCUT2D eigenvalue weighted by atomic mass is 16.2. The van der Waals surface area contributed by atoms with Crippen LogP contribution in [0.1, 0.15) is 33.8 Å². The number of benzene rings is 2. The summed E-state index contributed by atoms with van der Waals surface area (Å²) in [4.78, 5) is 23.3. The molecule has 1 aliphatic carbocycles. The van der Waals surface area contributed by atoms with Gasteiger partial charge in [-0.1, -0.05) is 42.5 Å². The van der Waals surface area contributed by atoms with Crippen molar-refractivity contribution in [2.24, 2.45) is 11.7 Å². The third-order valence-electron chi connectivity index (χ3n) is 4.03. The Balaban J connectivity index is 1.56. The Morgan fingerprint density at radius 3 is 2.59 bits per heavy atom. The summed E-state index contributed by atoms with van der Waals surface area (Å²) in [6.45, 7) is 0.415. The van der Waals surface area contributed by atoms with Crippen molar-refractivity contribution in [2.75, 3.05) is 0 Å². The van der Waals surface area contributed by atoms with E-state index in [1.165, 1.54) is 5.56 Å². The summed E-state index contributed by atoms with van der Waals surface area (Å²) in [5, 5.41) is 2.94. The van der Waals surface area contributed by atoms with Gasteiger partial charge in [0.2, 0.25) is 11.8 Å². The molecule has 0 aromatic heterocycles. The lowest BCUT2D eigenvalue weighted by molar-refractivity contribution is -0.122. The Bertz CT molecular complexity index is 697. The molecule has 3 N–H and O–H groups in total. The van der Waals surface area contributed by atoms with E-state index in [4.69, 9.17) is 5.73 Å². The van der Waals surface area contributed by atoms with Gasteiger partial charge in [0.25, 0.3) is 0 Å². The number of amides is 2. The number of primary amides is 1. The maximum Gasteiger partial charge on any atom is 0.248 e. The minimum Gasteiger partial charge on any atom is -0.366 e. The van der Waals surface area contributed by atoms with E-state index in [9.17, 15) is 9.59 Å². The van der Waals surface area contributed by atoms with Gasteiger partial charge in [-0.05, 0) is 35.6 Å². The van der Waals surface area contributed by atoms with Crippen LogP contribution in [0.5, 0.6) is 0 Å². The first-order valence-corrected chi connectivity index (χ1v) is 7.36. The second kappa shape index (κ2) is 6.02. The standard InChI is InChI=1S/C18H18N2O2/c19-17(21)14-8-4-5-12(9-14)11-20-18(22)16-10-15(16)13-6-2-1-3-7-13/h1-9,15-16H,10-11H2,(H2,19,21)(H,20,22)/t15-,16-/m1/s1. The maximum atomic E-state index is 12.2. The van der Waals surface area contributed by atoms with E-state index < -0.39 is 5.91 Å². The number of hydrogen-bond acceptors (Lipinski definition) is 2. The van der Waals surface area contributed by atoms with Gasteiger partial charge in [0.05, 0.1) is 0 Å². The lowest BCUT2D eigenvalue weighted by atomic mass is 10.1. The molecule has 2 amide bonds. The SMILES string of the molecule is NC(=O)c1cccc(CNC(=O)[C@@H]2C[C@@H]2c2ccccc2)c1. The van der Waals surface area contributed by atoms with Crippen LogP contribution >= 0.6 is 0 Å². The highest BCUT2D eigenvalue weighted by molar-refractivity contribution is 5.92. The largest absolute Gasteiger partial charge is 0.366 e. The summed E-state index contributed by atoms with van der Waals surface area (Å²) in [6, 6.07) is 17.1. The predicted molar refractivity (Wildman–Crippen MR) is 84.1 cm³/mol. The lowest BCUT2D eigenvalue weighted by Gasteiger charge is -2.06. The smallest absolute Gasteiger partial charge is 0.248 e. The molecule has 0 bridgehead atoms. The van der Waals surface area contributed by atoms with E-state index in [2.05, 4.69) is 17.4 Å². The average Bonchev–Trinajstić information content (AvgIpc) is 3.34. The molecule has 22 heavy (non-hydrogen) atoms. The fourth-order valence-electron chi connectivity index (χ4n) is 2.71. The summed E-state index contributed by atoms with van der Waals surface area (Å²) in [7, 11) is 0. The highest BCUT2D eigenvalue weighted by Crippen LogP contribution is 2.47. The second-order valence-electron chi connectivity index (χ2n) is 5.64. The van der Waals surface area contributed by atoms with Crippen molar-refractivity contribution in [3.8, 4) is 0 Å². The molecule has 0 saturated heterocycles. The first-order valence-electron chi connectivity index (χ1n) is 7.36. The van der Waals surface area contributed by atoms with Gasteiger partial charge >= 0.3 is 0 Å². The van der Waals surface area contributed by atoms with Gasteiger partial charge in [-0.2, -0.15) is 0 Å². The van der Waals surface area contributed by atoms with Gasteiger partial charge in [-0.15, -0.1) is 0 Å². The topological polar surface area (TPSA) is 72.2 Å². The van der Waals surface area contributed by atoms with Crippen LogP contribution in [0.25, 0.3) is 0 Å². The number of hydrogen-bond donors (Lipinski definition) is 2. The van der Waals surface area contributed by atoms with Crippen molar-refractivity contribution in [1.82, 2.24) is 5.32 Å². The van der Waals surface area contributed by atoms with Crippen molar-refractivity contribution >= 4 is 11.8 Å². The second-order valence-corrected chi connectivity index (χ2v) is 5.64. The van der Waals surface area contributed by atoms with E-state index in [1.807, 2.05) is 24.3 Å². The molecule has 1 aliphatic rings. The Morgan fingerprint density at radius 2 is 1.86 bits per heavy atom. The summed E-state index contributed by atoms with van der Waals surface area (Å²) < 4.78 is 0. The summed E-state index contributed by atoms with van der Waals surface area (Å²) >= 11 is 0. The molecule has 1 saturated carbocycles. The predicted octanol–water partition coefficient (Wildman–Crippen LogP) is 2.21. The Labute approximate surface area is 129 Å². The van der Waals surface area contributed by atoms with Crippen LogP contribution in [0.3, 0.4) is 0 Å². The monoisotopic (exact) mass is 294 g/mol. The fraction of sp³-hybridized carbons (Fsp3) is 0.222. The van der Waals surface area contributed by atoms with E-state index in [1.54, 1.807) is 18.2 Å². The molecule has 0 heterocycles. The van der Waals surface area contributed by atoms with Gasteiger partial charge in [-0.25, -0.2) is 0 Å². The quantitative estimate of drug-likeness (QED) is 0.887. The molecule has 2 atom stereocenters. The van der Waals surface area contributed by atoms with E-state index in [0.29, 0.717) is 18.0 Å². The molecule has 0 aliphatic heterocycles. The Hall–Kier alpha value is -2.62. The first kappa shape index (κ1) is 14.3. The van der Waals surface area contributed by atoms with Gasteiger partial charge in [-0.3, -0.25) is 9.59 Å². The molecule has 0 spiro atoms. The number of carbonyl (C=O) groups excluding carboxylic acids is 2. The zero-order valence-corrected chi connectivity index (χ0v) is 12.2. The van der Waals surface area contributed by atoms with E-state index in [0.717, 1.165) is 12.0 Å². The van der Waals surface area contributed by atoms with Crippen LogP contribution in [0.4, 0.5) is 0 Å². The number of carbonyl (C=O) groups is 2. The molecule has 4 nitrogen and oxygen atoms in total. The molecule has 2 aromatic rings. The number of nitrogens with two attached hydrogens (primary N) is 1. The lowest BCUT2D eigenvalue weighted by Crippen LogP contribution is -2.25. The minimum atomic E-state index is -0.459. The van der Waals surface area contributed by atoms with Crippen LogP contribution in [0.2, 0.25) is 0 Å². The summed E-state index contributed by atoms with van der Waals surface area (Å²) in [5.41, 5.74) is 7.81. The van der Waals surface area contributed by atoms with Crippen molar-refractivity contribution < 1.29 is 9.59 Å². The molecule has 112 valence electrons. The van der Waals surface area contributed by atoms with Crippen LogP contribution in [0.15, 0.2) is 54.6 Å². The molecule has 0 unspecified atom stereocenters. The van der Waals surface area contributed by atoms with Crippen molar-refractivity contribution in [3.05, 3.63) is 71.3 Å². The Kier molecular flexibility index (Phi) is 3.92.